The van der Waals surface area contributed by atoms with Crippen LogP contribution in [-0.2, 0) is 6.61 Å². The van der Waals surface area contributed by atoms with Crippen molar-refractivity contribution in [3.8, 4) is 5.75 Å². The van der Waals surface area contributed by atoms with Crippen LogP contribution in [0.2, 0.25) is 0 Å². The molecule has 3 rings (SSSR count). The fraction of sp³-hybridized carbons (Fsp3) is 0.118. The third-order valence-electron chi connectivity index (χ3n) is 3.34. The molecule has 1 N–H and O–H groups in total. The maximum absolute atomic E-state index is 12.4. The summed E-state index contributed by atoms with van der Waals surface area (Å²) in [4.78, 5) is 34.1. The minimum Gasteiger partial charge on any atom is -0.497 e. The fourth-order valence-electron chi connectivity index (χ4n) is 2.07. The highest BCUT2D eigenvalue weighted by molar-refractivity contribution is 7.13. The highest BCUT2D eigenvalue weighted by Crippen LogP contribution is 2.12. The Hall–Kier alpha value is -3.13. The number of aromatic nitrogens is 2. The van der Waals surface area contributed by atoms with Gasteiger partial charge in [0.1, 0.15) is 17.9 Å². The Balaban J connectivity index is 1.71. The quantitative estimate of drug-likeness (QED) is 0.731. The Bertz CT molecular complexity index is 904. The fourth-order valence-corrected chi connectivity index (χ4v) is 2.59. The number of thiazole rings is 1. The standard InChI is InChI=1S/C17H15N3O4S/c1-23-13-6-4-12(5-7-13)11-24-20-9-2-3-14(16(20)22)15(21)19-17-18-8-10-25-17/h2-10H,11H2,1H3,(H,18,19,21). The Morgan fingerprint density at radius 2 is 2.08 bits per heavy atom. The lowest BCUT2D eigenvalue weighted by Gasteiger charge is -2.10. The SMILES string of the molecule is COc1ccc(COn2cccc(C(=O)Nc3nccs3)c2=O)cc1. The first kappa shape index (κ1) is 16.7. The predicted molar refractivity (Wildman–Crippen MR) is 94.0 cm³/mol. The first-order valence-electron chi connectivity index (χ1n) is 7.36. The number of pyridine rings is 1. The topological polar surface area (TPSA) is 82.4 Å². The number of nitrogens with zero attached hydrogens (tertiary/aromatic N) is 2. The van der Waals surface area contributed by atoms with E-state index in [1.165, 1.54) is 23.6 Å². The summed E-state index contributed by atoms with van der Waals surface area (Å²) in [5.41, 5.74) is 0.308. The van der Waals surface area contributed by atoms with Crippen LogP contribution in [0, 0.1) is 0 Å². The van der Waals surface area contributed by atoms with E-state index in [-0.39, 0.29) is 12.2 Å². The molecule has 0 unspecified atom stereocenters. The van der Waals surface area contributed by atoms with Gasteiger partial charge in [0, 0.05) is 17.8 Å². The lowest BCUT2D eigenvalue weighted by Crippen LogP contribution is -2.32. The molecule has 2 heterocycles. The van der Waals surface area contributed by atoms with Gasteiger partial charge in [-0.3, -0.25) is 14.9 Å². The van der Waals surface area contributed by atoms with Crippen molar-refractivity contribution in [1.29, 1.82) is 0 Å². The van der Waals surface area contributed by atoms with Crippen LogP contribution < -0.4 is 20.5 Å². The summed E-state index contributed by atoms with van der Waals surface area (Å²) in [5, 5.41) is 4.74. The average molecular weight is 357 g/mol. The molecular weight excluding hydrogens is 342 g/mol. The van der Waals surface area contributed by atoms with Crippen molar-refractivity contribution in [3.05, 3.63) is 75.7 Å². The second-order valence-corrected chi connectivity index (χ2v) is 5.86. The molecule has 1 amide bonds. The molecule has 3 aromatic rings. The molecule has 0 saturated carbocycles. The lowest BCUT2D eigenvalue weighted by atomic mass is 10.2. The van der Waals surface area contributed by atoms with Gasteiger partial charge in [-0.05, 0) is 29.8 Å². The number of ether oxygens (including phenoxy) is 1. The highest BCUT2D eigenvalue weighted by atomic mass is 32.1. The summed E-state index contributed by atoms with van der Waals surface area (Å²) in [5.74, 6) is 0.212. The van der Waals surface area contributed by atoms with Crippen molar-refractivity contribution < 1.29 is 14.4 Å². The van der Waals surface area contributed by atoms with E-state index in [9.17, 15) is 9.59 Å². The van der Waals surface area contributed by atoms with Gasteiger partial charge in [0.25, 0.3) is 11.5 Å². The molecule has 7 nitrogen and oxygen atoms in total. The first-order chi connectivity index (χ1) is 12.2. The van der Waals surface area contributed by atoms with Gasteiger partial charge in [-0.2, -0.15) is 4.73 Å². The summed E-state index contributed by atoms with van der Waals surface area (Å²) in [7, 11) is 1.59. The van der Waals surface area contributed by atoms with Crippen molar-refractivity contribution in [1.82, 2.24) is 9.71 Å². The van der Waals surface area contributed by atoms with Gasteiger partial charge in [0.15, 0.2) is 5.13 Å². The number of amides is 1. The molecule has 0 atom stereocenters. The molecule has 0 saturated heterocycles. The van der Waals surface area contributed by atoms with Gasteiger partial charge in [-0.1, -0.05) is 12.1 Å². The van der Waals surface area contributed by atoms with Crippen LogP contribution in [0.1, 0.15) is 15.9 Å². The molecule has 0 fully saturated rings. The third kappa shape index (κ3) is 4.04. The van der Waals surface area contributed by atoms with Crippen LogP contribution in [-0.4, -0.2) is 22.7 Å². The zero-order chi connectivity index (χ0) is 17.6. The van der Waals surface area contributed by atoms with Gasteiger partial charge < -0.3 is 9.57 Å². The molecular formula is C17H15N3O4S. The van der Waals surface area contributed by atoms with Crippen LogP contribution in [0.15, 0.2) is 59.0 Å². The van der Waals surface area contributed by atoms with E-state index >= 15 is 0 Å². The highest BCUT2D eigenvalue weighted by Gasteiger charge is 2.14. The van der Waals surface area contributed by atoms with Gasteiger partial charge in [0.2, 0.25) is 0 Å². The Morgan fingerprint density at radius 1 is 1.28 bits per heavy atom. The summed E-state index contributed by atoms with van der Waals surface area (Å²) in [6, 6.07) is 10.3. The number of carbonyl (C=O) groups is 1. The zero-order valence-electron chi connectivity index (χ0n) is 13.3. The molecule has 0 aliphatic carbocycles. The summed E-state index contributed by atoms with van der Waals surface area (Å²) in [6.45, 7) is 0.182. The summed E-state index contributed by atoms with van der Waals surface area (Å²) in [6.07, 6.45) is 3.04. The van der Waals surface area contributed by atoms with Gasteiger partial charge in [-0.15, -0.1) is 11.3 Å². The van der Waals surface area contributed by atoms with Crippen LogP contribution in [0.3, 0.4) is 0 Å². The van der Waals surface area contributed by atoms with Crippen molar-refractivity contribution in [2.75, 3.05) is 12.4 Å². The normalized spacial score (nSPS) is 10.3. The molecule has 128 valence electrons. The van der Waals surface area contributed by atoms with E-state index in [1.807, 2.05) is 12.1 Å². The predicted octanol–water partition coefficient (Wildman–Crippen LogP) is 2.19. The molecule has 0 aliphatic heterocycles. The number of anilines is 1. The second kappa shape index (κ2) is 7.63. The number of nitrogens with one attached hydrogen (secondary N) is 1. The number of benzene rings is 1. The molecule has 0 aliphatic rings. The Labute approximate surface area is 147 Å². The molecule has 2 aromatic heterocycles. The molecule has 25 heavy (non-hydrogen) atoms. The van der Waals surface area contributed by atoms with E-state index in [0.717, 1.165) is 16.0 Å². The number of hydrogen-bond acceptors (Lipinski definition) is 6. The molecule has 8 heteroatoms. The van der Waals surface area contributed by atoms with Crippen molar-refractivity contribution >= 4 is 22.4 Å². The lowest BCUT2D eigenvalue weighted by molar-refractivity contribution is 0.0863. The monoisotopic (exact) mass is 357 g/mol. The Morgan fingerprint density at radius 3 is 2.76 bits per heavy atom. The van der Waals surface area contributed by atoms with E-state index in [1.54, 1.807) is 36.9 Å². The third-order valence-corrected chi connectivity index (χ3v) is 4.03. The number of rotatable bonds is 6. The van der Waals surface area contributed by atoms with Gasteiger partial charge in [0.05, 0.1) is 7.11 Å². The van der Waals surface area contributed by atoms with E-state index in [2.05, 4.69) is 10.3 Å². The average Bonchev–Trinajstić information content (AvgIpc) is 3.14. The van der Waals surface area contributed by atoms with Gasteiger partial charge >= 0.3 is 0 Å². The minimum atomic E-state index is -0.537. The molecule has 0 bridgehead atoms. The number of hydrogen-bond donors (Lipinski definition) is 1. The van der Waals surface area contributed by atoms with Crippen molar-refractivity contribution in [2.45, 2.75) is 6.61 Å². The van der Waals surface area contributed by atoms with Crippen LogP contribution in [0.5, 0.6) is 5.75 Å². The van der Waals surface area contributed by atoms with Gasteiger partial charge in [-0.25, -0.2) is 4.98 Å². The van der Waals surface area contributed by atoms with Crippen LogP contribution in [0.25, 0.3) is 0 Å². The summed E-state index contributed by atoms with van der Waals surface area (Å²) >= 11 is 1.27. The zero-order valence-corrected chi connectivity index (χ0v) is 14.2. The maximum Gasteiger partial charge on any atom is 0.295 e. The molecule has 0 spiro atoms. The molecule has 1 aromatic carbocycles. The summed E-state index contributed by atoms with van der Waals surface area (Å²) < 4.78 is 6.13. The maximum atomic E-state index is 12.4. The van der Waals surface area contributed by atoms with E-state index in [0.29, 0.717) is 5.13 Å². The smallest absolute Gasteiger partial charge is 0.295 e. The van der Waals surface area contributed by atoms with Crippen molar-refractivity contribution in [3.63, 3.8) is 0 Å². The van der Waals surface area contributed by atoms with Crippen LogP contribution >= 0.6 is 11.3 Å². The van der Waals surface area contributed by atoms with E-state index < -0.39 is 11.5 Å². The number of carbonyl (C=O) groups excluding carboxylic acids is 1. The minimum absolute atomic E-state index is 0.0209. The van der Waals surface area contributed by atoms with E-state index in [4.69, 9.17) is 9.57 Å². The van der Waals surface area contributed by atoms with Crippen molar-refractivity contribution in [2.24, 2.45) is 0 Å². The molecule has 0 radical (unpaired) electrons. The second-order valence-electron chi connectivity index (χ2n) is 4.97. The van der Waals surface area contributed by atoms with Crippen LogP contribution in [0.4, 0.5) is 5.13 Å². The number of methoxy groups -OCH3 is 1. The first-order valence-corrected chi connectivity index (χ1v) is 8.24. The largest absolute Gasteiger partial charge is 0.497 e. The Kier molecular flexibility index (Phi) is 5.10.